The molecule has 1 atom stereocenters. The topological polar surface area (TPSA) is 80.3 Å². The van der Waals surface area contributed by atoms with Gasteiger partial charge in [-0.25, -0.2) is 0 Å². The van der Waals surface area contributed by atoms with Crippen molar-refractivity contribution < 1.29 is 14.3 Å². The molecule has 0 saturated heterocycles. The molecule has 0 fully saturated rings. The monoisotopic (exact) mass is 311 g/mol. The van der Waals surface area contributed by atoms with Crippen molar-refractivity contribution in [3.63, 3.8) is 0 Å². The summed E-state index contributed by atoms with van der Waals surface area (Å²) < 4.78 is 5.60. The van der Waals surface area contributed by atoms with Crippen LogP contribution in [0.25, 0.3) is 0 Å². The number of carbonyl (C=O) groups is 2. The zero-order valence-electron chi connectivity index (χ0n) is 12.5. The second kappa shape index (κ2) is 6.91. The number of benzene rings is 1. The molecule has 0 spiro atoms. The standard InChI is InChI=1S/C17H17N3O3/c21-16(19-10-7-12-5-8-18-9-6-12)11-15-17(22)20-13-3-1-2-4-14(13)23-15/h1-6,8-9,15H,7,10-11H2,(H,19,21)(H,20,22)/t15-/m1/s1. The second-order valence-electron chi connectivity index (χ2n) is 5.25. The molecule has 0 unspecified atom stereocenters. The quantitative estimate of drug-likeness (QED) is 0.877. The smallest absolute Gasteiger partial charge is 0.266 e. The molecule has 0 saturated carbocycles. The maximum atomic E-state index is 12.0. The molecule has 1 aliphatic heterocycles. The van der Waals surface area contributed by atoms with Gasteiger partial charge in [0.05, 0.1) is 12.1 Å². The van der Waals surface area contributed by atoms with Crippen molar-refractivity contribution in [1.29, 1.82) is 0 Å². The Hall–Kier alpha value is -2.89. The van der Waals surface area contributed by atoms with Gasteiger partial charge in [-0.15, -0.1) is 0 Å². The Bertz CT molecular complexity index is 703. The molecule has 0 aliphatic carbocycles. The Labute approximate surface area is 133 Å². The highest BCUT2D eigenvalue weighted by atomic mass is 16.5. The summed E-state index contributed by atoms with van der Waals surface area (Å²) in [4.78, 5) is 27.9. The van der Waals surface area contributed by atoms with Crippen LogP contribution in [0.5, 0.6) is 5.75 Å². The number of fused-ring (bicyclic) bond motifs is 1. The molecular formula is C17H17N3O3. The van der Waals surface area contributed by atoms with E-state index < -0.39 is 6.10 Å². The minimum atomic E-state index is -0.800. The number of rotatable bonds is 5. The largest absolute Gasteiger partial charge is 0.478 e. The Kier molecular flexibility index (Phi) is 4.52. The average molecular weight is 311 g/mol. The van der Waals surface area contributed by atoms with Gasteiger partial charge in [0.1, 0.15) is 5.75 Å². The van der Waals surface area contributed by atoms with Crippen LogP contribution in [0.4, 0.5) is 5.69 Å². The third kappa shape index (κ3) is 3.85. The van der Waals surface area contributed by atoms with Gasteiger partial charge in [0.15, 0.2) is 6.10 Å². The summed E-state index contributed by atoms with van der Waals surface area (Å²) in [5, 5.41) is 5.55. The first-order valence-electron chi connectivity index (χ1n) is 7.44. The van der Waals surface area contributed by atoms with Gasteiger partial charge in [-0.05, 0) is 36.2 Å². The van der Waals surface area contributed by atoms with E-state index in [9.17, 15) is 9.59 Å². The first kappa shape index (κ1) is 15.0. The molecule has 118 valence electrons. The maximum Gasteiger partial charge on any atom is 0.266 e. The summed E-state index contributed by atoms with van der Waals surface area (Å²) in [6.45, 7) is 0.508. The number of pyridine rings is 1. The SMILES string of the molecule is O=C(C[C@H]1Oc2ccccc2NC1=O)NCCc1ccncc1. The van der Waals surface area contributed by atoms with E-state index in [0.717, 1.165) is 12.0 Å². The fourth-order valence-electron chi connectivity index (χ4n) is 2.36. The molecule has 6 heteroatoms. The van der Waals surface area contributed by atoms with E-state index in [2.05, 4.69) is 15.6 Å². The Morgan fingerprint density at radius 3 is 2.83 bits per heavy atom. The van der Waals surface area contributed by atoms with Crippen molar-refractivity contribution >= 4 is 17.5 Å². The number of hydrogen-bond donors (Lipinski definition) is 2. The molecule has 23 heavy (non-hydrogen) atoms. The molecule has 1 aromatic carbocycles. The predicted octanol–water partition coefficient (Wildman–Crippen LogP) is 1.53. The lowest BCUT2D eigenvalue weighted by atomic mass is 10.1. The highest BCUT2D eigenvalue weighted by Crippen LogP contribution is 2.29. The fourth-order valence-corrected chi connectivity index (χ4v) is 2.36. The maximum absolute atomic E-state index is 12.0. The van der Waals surface area contributed by atoms with E-state index in [1.54, 1.807) is 24.5 Å². The van der Waals surface area contributed by atoms with Crippen molar-refractivity contribution in [3.8, 4) is 5.75 Å². The van der Waals surface area contributed by atoms with Gasteiger partial charge in [-0.3, -0.25) is 14.6 Å². The first-order chi connectivity index (χ1) is 11.2. The molecule has 0 bridgehead atoms. The van der Waals surface area contributed by atoms with Crippen LogP contribution < -0.4 is 15.4 Å². The normalized spacial score (nSPS) is 16.0. The van der Waals surface area contributed by atoms with Crippen LogP contribution in [0.15, 0.2) is 48.8 Å². The lowest BCUT2D eigenvalue weighted by Gasteiger charge is -2.25. The van der Waals surface area contributed by atoms with Crippen molar-refractivity contribution in [1.82, 2.24) is 10.3 Å². The predicted molar refractivity (Wildman–Crippen MR) is 85.1 cm³/mol. The van der Waals surface area contributed by atoms with Gasteiger partial charge in [0, 0.05) is 18.9 Å². The number of ether oxygens (including phenoxy) is 1. The van der Waals surface area contributed by atoms with Gasteiger partial charge in [0.25, 0.3) is 5.91 Å². The summed E-state index contributed by atoms with van der Waals surface area (Å²) in [7, 11) is 0. The van der Waals surface area contributed by atoms with E-state index in [-0.39, 0.29) is 18.2 Å². The molecule has 2 heterocycles. The van der Waals surface area contributed by atoms with E-state index in [1.807, 2.05) is 24.3 Å². The first-order valence-corrected chi connectivity index (χ1v) is 7.44. The van der Waals surface area contributed by atoms with Gasteiger partial charge in [0.2, 0.25) is 5.91 Å². The lowest BCUT2D eigenvalue weighted by Crippen LogP contribution is -2.41. The Morgan fingerprint density at radius 2 is 2.00 bits per heavy atom. The molecule has 6 nitrogen and oxygen atoms in total. The average Bonchev–Trinajstić information content (AvgIpc) is 2.56. The number of nitrogens with one attached hydrogen (secondary N) is 2. The highest BCUT2D eigenvalue weighted by Gasteiger charge is 2.29. The van der Waals surface area contributed by atoms with Crippen LogP contribution in [-0.2, 0) is 16.0 Å². The van der Waals surface area contributed by atoms with Crippen LogP contribution in [0.1, 0.15) is 12.0 Å². The molecular weight excluding hydrogens is 294 g/mol. The van der Waals surface area contributed by atoms with E-state index in [4.69, 9.17) is 4.74 Å². The molecule has 1 aromatic heterocycles. The third-order valence-electron chi connectivity index (χ3n) is 3.56. The van der Waals surface area contributed by atoms with Crippen LogP contribution in [0.2, 0.25) is 0 Å². The molecule has 2 N–H and O–H groups in total. The minimum Gasteiger partial charge on any atom is -0.478 e. The molecule has 3 rings (SSSR count). The Morgan fingerprint density at radius 1 is 1.22 bits per heavy atom. The van der Waals surface area contributed by atoms with Crippen molar-refractivity contribution in [2.75, 3.05) is 11.9 Å². The number of para-hydroxylation sites is 2. The second-order valence-corrected chi connectivity index (χ2v) is 5.25. The zero-order chi connectivity index (χ0) is 16.1. The van der Waals surface area contributed by atoms with Gasteiger partial charge >= 0.3 is 0 Å². The fraction of sp³-hybridized carbons (Fsp3) is 0.235. The van der Waals surface area contributed by atoms with Gasteiger partial charge in [-0.2, -0.15) is 0 Å². The van der Waals surface area contributed by atoms with E-state index in [1.165, 1.54) is 0 Å². The molecule has 1 aliphatic rings. The molecule has 0 radical (unpaired) electrons. The molecule has 2 amide bonds. The number of aromatic nitrogens is 1. The van der Waals surface area contributed by atoms with Crippen LogP contribution in [0.3, 0.4) is 0 Å². The number of anilines is 1. The van der Waals surface area contributed by atoms with E-state index in [0.29, 0.717) is 18.0 Å². The number of nitrogens with zero attached hydrogens (tertiary/aromatic N) is 1. The van der Waals surface area contributed by atoms with Crippen LogP contribution in [-0.4, -0.2) is 29.4 Å². The highest BCUT2D eigenvalue weighted by molar-refractivity contribution is 5.99. The van der Waals surface area contributed by atoms with Crippen molar-refractivity contribution in [2.24, 2.45) is 0 Å². The Balaban J connectivity index is 1.49. The summed E-state index contributed by atoms with van der Waals surface area (Å²) in [5.41, 5.74) is 1.73. The third-order valence-corrected chi connectivity index (χ3v) is 3.56. The van der Waals surface area contributed by atoms with E-state index >= 15 is 0 Å². The lowest BCUT2D eigenvalue weighted by molar-refractivity contribution is -0.130. The number of carbonyl (C=O) groups excluding carboxylic acids is 2. The number of hydrogen-bond acceptors (Lipinski definition) is 4. The summed E-state index contributed by atoms with van der Waals surface area (Å²) in [5.74, 6) is 0.0771. The number of amides is 2. The summed E-state index contributed by atoms with van der Waals surface area (Å²) in [6.07, 6.45) is 3.35. The van der Waals surface area contributed by atoms with Crippen LogP contribution in [0, 0.1) is 0 Å². The van der Waals surface area contributed by atoms with Gasteiger partial charge in [-0.1, -0.05) is 12.1 Å². The van der Waals surface area contributed by atoms with Crippen molar-refractivity contribution in [2.45, 2.75) is 18.9 Å². The van der Waals surface area contributed by atoms with Crippen molar-refractivity contribution in [3.05, 3.63) is 54.4 Å². The van der Waals surface area contributed by atoms with Gasteiger partial charge < -0.3 is 15.4 Å². The summed E-state index contributed by atoms with van der Waals surface area (Å²) >= 11 is 0. The van der Waals surface area contributed by atoms with Crippen LogP contribution >= 0.6 is 0 Å². The summed E-state index contributed by atoms with van der Waals surface area (Å²) in [6, 6.07) is 11.0. The zero-order valence-corrected chi connectivity index (χ0v) is 12.5. The molecule has 2 aromatic rings. The minimum absolute atomic E-state index is 0.00346.